The Hall–Kier alpha value is -1.59. The molecule has 1 heterocycles. The Balaban J connectivity index is 2.22. The van der Waals surface area contributed by atoms with Gasteiger partial charge in [-0.15, -0.1) is 11.8 Å². The number of hydrogen-bond donors (Lipinski definition) is 2. The van der Waals surface area contributed by atoms with Crippen molar-refractivity contribution in [3.05, 3.63) is 57.8 Å². The van der Waals surface area contributed by atoms with Gasteiger partial charge in [0, 0.05) is 12.2 Å². The second-order valence-corrected chi connectivity index (χ2v) is 5.27. The number of benzene rings is 1. The lowest BCUT2D eigenvalue weighted by molar-refractivity contribution is 0.322. The van der Waals surface area contributed by atoms with E-state index in [0.717, 1.165) is 5.56 Å². The summed E-state index contributed by atoms with van der Waals surface area (Å²) in [6.45, 7) is 1.87. The van der Waals surface area contributed by atoms with Crippen LogP contribution in [0.5, 0.6) is 0 Å². The number of aliphatic hydroxyl groups excluding tert-OH is 1. The van der Waals surface area contributed by atoms with E-state index in [9.17, 15) is 4.79 Å². The van der Waals surface area contributed by atoms with Gasteiger partial charge < -0.3 is 10.1 Å². The lowest BCUT2D eigenvalue weighted by Crippen LogP contribution is -2.16. The summed E-state index contributed by atoms with van der Waals surface area (Å²) in [6.07, 6.45) is 0.613. The van der Waals surface area contributed by atoms with E-state index in [1.54, 1.807) is 0 Å². The van der Waals surface area contributed by atoms with Crippen LogP contribution in [0.2, 0.25) is 0 Å². The van der Waals surface area contributed by atoms with Crippen molar-refractivity contribution in [3.8, 4) is 0 Å². The van der Waals surface area contributed by atoms with Gasteiger partial charge in [-0.2, -0.15) is 0 Å². The van der Waals surface area contributed by atoms with Gasteiger partial charge in [0.15, 0.2) is 0 Å². The molecule has 1 aromatic heterocycles. The van der Waals surface area contributed by atoms with Gasteiger partial charge in [-0.05, 0) is 12.5 Å². The van der Waals surface area contributed by atoms with Crippen molar-refractivity contribution in [1.82, 2.24) is 9.97 Å². The van der Waals surface area contributed by atoms with Crippen LogP contribution in [-0.2, 0) is 6.42 Å². The normalized spacial score (nSPS) is 10.6. The maximum atomic E-state index is 12.0. The number of aromatic nitrogens is 2. The molecule has 0 unspecified atom stereocenters. The predicted molar refractivity (Wildman–Crippen MR) is 76.7 cm³/mol. The molecule has 4 nitrogen and oxygen atoms in total. The number of nitrogens with one attached hydrogen (secondary N) is 1. The average molecular weight is 276 g/mol. The van der Waals surface area contributed by atoms with Gasteiger partial charge in [0.1, 0.15) is 5.82 Å². The van der Waals surface area contributed by atoms with Crippen LogP contribution in [0.4, 0.5) is 0 Å². The maximum absolute atomic E-state index is 12.0. The number of nitrogens with zero attached hydrogens (tertiary/aromatic N) is 1. The number of aromatic amines is 1. The van der Waals surface area contributed by atoms with Gasteiger partial charge >= 0.3 is 0 Å². The van der Waals surface area contributed by atoms with Crippen LogP contribution >= 0.6 is 11.8 Å². The number of aryl methyl sites for hydroxylation is 1. The Labute approximate surface area is 115 Å². The van der Waals surface area contributed by atoms with Crippen molar-refractivity contribution < 1.29 is 5.11 Å². The quantitative estimate of drug-likeness (QED) is 0.817. The van der Waals surface area contributed by atoms with Gasteiger partial charge in [-0.25, -0.2) is 4.98 Å². The first-order valence-corrected chi connectivity index (χ1v) is 7.06. The summed E-state index contributed by atoms with van der Waals surface area (Å²) in [5.41, 5.74) is 1.70. The van der Waals surface area contributed by atoms with Gasteiger partial charge in [0.2, 0.25) is 0 Å². The number of thioether (sulfide) groups is 1. The fourth-order valence-corrected chi connectivity index (χ4v) is 2.56. The fourth-order valence-electron chi connectivity index (χ4n) is 1.82. The highest BCUT2D eigenvalue weighted by atomic mass is 32.2. The lowest BCUT2D eigenvalue weighted by atomic mass is 10.1. The Morgan fingerprint density at radius 2 is 2.05 bits per heavy atom. The van der Waals surface area contributed by atoms with Crippen molar-refractivity contribution in [2.24, 2.45) is 0 Å². The molecule has 5 heteroatoms. The first-order chi connectivity index (χ1) is 9.20. The highest BCUT2D eigenvalue weighted by Crippen LogP contribution is 2.16. The number of hydrogen-bond acceptors (Lipinski definition) is 4. The molecule has 0 aliphatic carbocycles. The molecule has 0 aliphatic heterocycles. The fraction of sp³-hybridized carbons (Fsp3) is 0.286. The summed E-state index contributed by atoms with van der Waals surface area (Å²) in [5, 5.41) is 8.81. The van der Waals surface area contributed by atoms with Crippen LogP contribution in [0.3, 0.4) is 0 Å². The average Bonchev–Trinajstić information content (AvgIpc) is 2.39. The molecular weight excluding hydrogens is 260 g/mol. The Bertz CT molecular complexity index is 596. The molecule has 0 radical (unpaired) electrons. The molecule has 2 N–H and O–H groups in total. The van der Waals surface area contributed by atoms with E-state index in [1.807, 2.05) is 37.3 Å². The van der Waals surface area contributed by atoms with Gasteiger partial charge in [-0.3, -0.25) is 4.79 Å². The predicted octanol–water partition coefficient (Wildman–Crippen LogP) is 1.75. The number of aliphatic hydroxyl groups is 1. The van der Waals surface area contributed by atoms with Gasteiger partial charge in [-0.1, -0.05) is 30.3 Å². The monoisotopic (exact) mass is 276 g/mol. The zero-order chi connectivity index (χ0) is 13.7. The highest BCUT2D eigenvalue weighted by Gasteiger charge is 2.08. The molecule has 19 heavy (non-hydrogen) atoms. The van der Waals surface area contributed by atoms with E-state index in [2.05, 4.69) is 9.97 Å². The van der Waals surface area contributed by atoms with E-state index in [-0.39, 0.29) is 12.2 Å². The zero-order valence-electron chi connectivity index (χ0n) is 10.7. The molecule has 0 amide bonds. The molecule has 0 atom stereocenters. The van der Waals surface area contributed by atoms with Crippen molar-refractivity contribution in [1.29, 1.82) is 0 Å². The third-order valence-corrected chi connectivity index (χ3v) is 3.80. The summed E-state index contributed by atoms with van der Waals surface area (Å²) in [7, 11) is 0. The summed E-state index contributed by atoms with van der Waals surface area (Å²) in [5.74, 6) is 1.17. The van der Waals surface area contributed by atoms with Crippen LogP contribution in [0.25, 0.3) is 0 Å². The standard InChI is InChI=1S/C14H16N2O2S/c1-10-13(19-8-7-17)14(18)16-12(15-10)9-11-5-3-2-4-6-11/h2-6,17H,7-9H2,1H3,(H,15,16,18). The summed E-state index contributed by atoms with van der Waals surface area (Å²) in [4.78, 5) is 19.8. The Morgan fingerprint density at radius 3 is 2.68 bits per heavy atom. The molecule has 0 fully saturated rings. The first-order valence-electron chi connectivity index (χ1n) is 6.08. The van der Waals surface area contributed by atoms with Crippen LogP contribution in [0, 0.1) is 6.92 Å². The maximum Gasteiger partial charge on any atom is 0.264 e. The topological polar surface area (TPSA) is 66.0 Å². The molecule has 0 bridgehead atoms. The molecular formula is C14H16N2O2S. The molecule has 0 aliphatic rings. The number of H-pyrrole nitrogens is 1. The molecule has 2 rings (SSSR count). The minimum Gasteiger partial charge on any atom is -0.396 e. The molecule has 100 valence electrons. The van der Waals surface area contributed by atoms with E-state index < -0.39 is 0 Å². The molecule has 1 aromatic carbocycles. The van der Waals surface area contributed by atoms with E-state index in [1.165, 1.54) is 11.8 Å². The highest BCUT2D eigenvalue weighted by molar-refractivity contribution is 7.99. The van der Waals surface area contributed by atoms with E-state index in [0.29, 0.717) is 28.6 Å². The summed E-state index contributed by atoms with van der Waals surface area (Å²) in [6, 6.07) is 9.89. The van der Waals surface area contributed by atoms with Crippen LogP contribution in [0.15, 0.2) is 40.0 Å². The molecule has 0 saturated heterocycles. The minimum absolute atomic E-state index is 0.0509. The van der Waals surface area contributed by atoms with Crippen molar-refractivity contribution in [2.45, 2.75) is 18.2 Å². The third kappa shape index (κ3) is 3.68. The largest absolute Gasteiger partial charge is 0.396 e. The molecule has 0 spiro atoms. The zero-order valence-corrected chi connectivity index (χ0v) is 11.5. The third-order valence-electron chi connectivity index (χ3n) is 2.65. The van der Waals surface area contributed by atoms with Crippen LogP contribution in [-0.4, -0.2) is 27.4 Å². The van der Waals surface area contributed by atoms with E-state index in [4.69, 9.17) is 5.11 Å². The first kappa shape index (κ1) is 13.8. The van der Waals surface area contributed by atoms with Crippen molar-refractivity contribution in [2.75, 3.05) is 12.4 Å². The van der Waals surface area contributed by atoms with Gasteiger partial charge in [0.25, 0.3) is 5.56 Å². The minimum atomic E-state index is -0.128. The molecule has 0 saturated carbocycles. The number of rotatable bonds is 5. The SMILES string of the molecule is Cc1nc(Cc2ccccc2)[nH]c(=O)c1SCCO. The van der Waals surface area contributed by atoms with E-state index >= 15 is 0 Å². The summed E-state index contributed by atoms with van der Waals surface area (Å²) >= 11 is 1.33. The van der Waals surface area contributed by atoms with Gasteiger partial charge in [0.05, 0.1) is 17.2 Å². The lowest BCUT2D eigenvalue weighted by Gasteiger charge is -2.06. The smallest absolute Gasteiger partial charge is 0.264 e. The van der Waals surface area contributed by atoms with Crippen LogP contribution < -0.4 is 5.56 Å². The second-order valence-electron chi connectivity index (χ2n) is 4.16. The second kappa shape index (κ2) is 6.54. The Morgan fingerprint density at radius 1 is 1.32 bits per heavy atom. The Kier molecular flexibility index (Phi) is 4.76. The van der Waals surface area contributed by atoms with Crippen molar-refractivity contribution >= 4 is 11.8 Å². The summed E-state index contributed by atoms with van der Waals surface area (Å²) < 4.78 is 0. The van der Waals surface area contributed by atoms with Crippen LogP contribution in [0.1, 0.15) is 17.1 Å². The molecule has 2 aromatic rings. The van der Waals surface area contributed by atoms with Crippen molar-refractivity contribution in [3.63, 3.8) is 0 Å².